The highest BCUT2D eigenvalue weighted by Crippen LogP contribution is 2.26. The van der Waals surface area contributed by atoms with Gasteiger partial charge in [0.15, 0.2) is 12.2 Å². The summed E-state index contributed by atoms with van der Waals surface area (Å²) in [5, 5.41) is 13.1. The lowest BCUT2D eigenvalue weighted by Crippen LogP contribution is -2.53. The number of ether oxygens (including phenoxy) is 3. The zero-order valence-electron chi connectivity index (χ0n) is 20.2. The Morgan fingerprint density at radius 1 is 1.03 bits per heavy atom. The monoisotopic (exact) mass is 564 g/mol. The van der Waals surface area contributed by atoms with Crippen LogP contribution in [-0.2, 0) is 41.7 Å². The number of hydrogen-bond acceptors (Lipinski definition) is 7. The number of rotatable bonds is 9. The molecule has 2 heterocycles. The van der Waals surface area contributed by atoms with Crippen molar-refractivity contribution in [3.05, 3.63) is 63.6 Å². The molecule has 0 aromatic heterocycles. The third-order valence-electron chi connectivity index (χ3n) is 6.33. The maximum absolute atomic E-state index is 12.9. The minimum absolute atomic E-state index is 0.0158. The van der Waals surface area contributed by atoms with Crippen molar-refractivity contribution in [3.63, 3.8) is 0 Å². The fourth-order valence-electron chi connectivity index (χ4n) is 4.17. The molecule has 2 amide bonds. The van der Waals surface area contributed by atoms with Crippen molar-refractivity contribution < 1.29 is 38.5 Å². The van der Waals surface area contributed by atoms with E-state index in [0.29, 0.717) is 26.9 Å². The molecule has 2 aliphatic rings. The Balaban J connectivity index is 1.34. The molecule has 12 heteroatoms. The number of aliphatic carboxylic acids is 1. The Labute approximate surface area is 228 Å². The van der Waals surface area contributed by atoms with Crippen LogP contribution in [0.25, 0.3) is 0 Å². The summed E-state index contributed by atoms with van der Waals surface area (Å²) in [6.45, 7) is 0.367. The van der Waals surface area contributed by atoms with E-state index < -0.39 is 36.0 Å². The van der Waals surface area contributed by atoms with Gasteiger partial charge in [-0.2, -0.15) is 0 Å². The minimum atomic E-state index is -1.30. The van der Waals surface area contributed by atoms with Gasteiger partial charge in [0.2, 0.25) is 0 Å². The van der Waals surface area contributed by atoms with Crippen molar-refractivity contribution in [2.75, 3.05) is 19.9 Å². The number of carbonyl (C=O) groups excluding carboxylic acids is 3. The molecule has 0 saturated carbocycles. The summed E-state index contributed by atoms with van der Waals surface area (Å²) in [5.74, 6) is -1.88. The van der Waals surface area contributed by atoms with Crippen LogP contribution >= 0.6 is 23.2 Å². The molecule has 0 aliphatic carbocycles. The summed E-state index contributed by atoms with van der Waals surface area (Å²) in [6, 6.07) is 10.6. The second kappa shape index (κ2) is 12.6. The molecular weight excluding hydrogens is 539 g/mol. The molecule has 2 N–H and O–H groups in total. The predicted molar refractivity (Wildman–Crippen MR) is 136 cm³/mol. The van der Waals surface area contributed by atoms with E-state index in [1.165, 1.54) is 4.90 Å². The molecule has 38 heavy (non-hydrogen) atoms. The van der Waals surface area contributed by atoms with E-state index in [9.17, 15) is 24.3 Å². The molecule has 2 saturated heterocycles. The Bertz CT molecular complexity index is 1180. The lowest BCUT2D eigenvalue weighted by Gasteiger charge is -2.29. The number of likely N-dealkylation sites (tertiary alicyclic amines) is 1. The average Bonchev–Trinajstić information content (AvgIpc) is 3.39. The number of nitrogens with one attached hydrogen (secondary N) is 1. The van der Waals surface area contributed by atoms with Crippen LogP contribution in [-0.4, -0.2) is 71.7 Å². The number of amides is 2. The first-order valence-corrected chi connectivity index (χ1v) is 12.7. The van der Waals surface area contributed by atoms with Gasteiger partial charge in [0, 0.05) is 48.0 Å². The minimum Gasteiger partial charge on any atom is -0.489 e. The molecule has 2 fully saturated rings. The molecule has 10 nitrogen and oxygen atoms in total. The molecule has 202 valence electrons. The number of hydrogen-bond donors (Lipinski definition) is 2. The van der Waals surface area contributed by atoms with Crippen LogP contribution in [0.3, 0.4) is 0 Å². The first-order chi connectivity index (χ1) is 18.2. The lowest BCUT2D eigenvalue weighted by molar-refractivity contribution is -0.148. The van der Waals surface area contributed by atoms with Gasteiger partial charge in [0.1, 0.15) is 31.0 Å². The zero-order chi connectivity index (χ0) is 27.2. The highest BCUT2D eigenvalue weighted by atomic mass is 35.5. The van der Waals surface area contributed by atoms with Gasteiger partial charge in [0.05, 0.1) is 0 Å². The van der Waals surface area contributed by atoms with Crippen molar-refractivity contribution in [2.45, 2.75) is 44.1 Å². The van der Waals surface area contributed by atoms with Crippen molar-refractivity contribution in [1.82, 2.24) is 10.2 Å². The van der Waals surface area contributed by atoms with Crippen molar-refractivity contribution in [3.8, 4) is 5.75 Å². The second-order valence-electron chi connectivity index (χ2n) is 8.89. The number of nitrogens with zero attached hydrogens (tertiary/aromatic N) is 1. The summed E-state index contributed by atoms with van der Waals surface area (Å²) in [6.07, 6.45) is -2.03. The summed E-state index contributed by atoms with van der Waals surface area (Å²) >= 11 is 12.3. The first kappa shape index (κ1) is 27.8. The Kier molecular flexibility index (Phi) is 9.22. The summed E-state index contributed by atoms with van der Waals surface area (Å²) < 4.78 is 16.4. The van der Waals surface area contributed by atoms with Gasteiger partial charge >= 0.3 is 5.97 Å². The number of halogens is 2. The quantitative estimate of drug-likeness (QED) is 0.475. The number of carboxylic acid groups (broad SMARTS) is 1. The molecule has 0 unspecified atom stereocenters. The molecule has 0 spiro atoms. The van der Waals surface area contributed by atoms with Gasteiger partial charge in [-0.1, -0.05) is 41.4 Å². The topological polar surface area (TPSA) is 131 Å². The number of carbonyl (C=O) groups is 4. The number of benzene rings is 2. The molecular formula is C26H26Cl2N2O8. The molecule has 2 aromatic carbocycles. The molecule has 2 aromatic rings. The van der Waals surface area contributed by atoms with Crippen LogP contribution in [0.5, 0.6) is 5.75 Å². The largest absolute Gasteiger partial charge is 0.489 e. The number of Topliss-reactive ketones (excluding diaryl/α,β-unsaturated/α-hetero) is 1. The van der Waals surface area contributed by atoms with E-state index in [2.05, 4.69) is 5.32 Å². The lowest BCUT2D eigenvalue weighted by atomic mass is 10.0. The normalized spacial score (nSPS) is 20.2. The highest BCUT2D eigenvalue weighted by Gasteiger charge is 2.43. The van der Waals surface area contributed by atoms with Crippen LogP contribution in [0.2, 0.25) is 10.0 Å². The molecule has 3 atom stereocenters. The fourth-order valence-corrected chi connectivity index (χ4v) is 4.67. The smallest absolute Gasteiger partial charge is 0.326 e. The van der Waals surface area contributed by atoms with Gasteiger partial charge in [-0.3, -0.25) is 14.4 Å². The third kappa shape index (κ3) is 6.82. The standard InChI is InChI=1S/C26H26Cl2N2O8/c27-19-2-1-3-20(28)18(19)13-36-17-6-4-15(5-7-17)12-21(26(34)35)29-24(32)22-23(38-14-37-22)25(33)30-10-8-16(31)9-11-30/h1-7,21-23H,8-14H2,(H,29,32)(H,34,35)/t21-,22+,23+/m0/s1. The van der Waals surface area contributed by atoms with E-state index in [-0.39, 0.29) is 51.5 Å². The van der Waals surface area contributed by atoms with E-state index in [4.69, 9.17) is 37.4 Å². The maximum atomic E-state index is 12.9. The molecule has 0 radical (unpaired) electrons. The first-order valence-electron chi connectivity index (χ1n) is 11.9. The van der Waals surface area contributed by atoms with Crippen molar-refractivity contribution in [1.29, 1.82) is 0 Å². The predicted octanol–water partition coefficient (Wildman–Crippen LogP) is 2.62. The van der Waals surface area contributed by atoms with Gasteiger partial charge in [-0.25, -0.2) is 4.79 Å². The third-order valence-corrected chi connectivity index (χ3v) is 7.04. The Morgan fingerprint density at radius 2 is 1.66 bits per heavy atom. The van der Waals surface area contributed by atoms with E-state index in [0.717, 1.165) is 0 Å². The fraction of sp³-hybridized carbons (Fsp3) is 0.385. The van der Waals surface area contributed by atoms with Crippen LogP contribution in [0.1, 0.15) is 24.0 Å². The SMILES string of the molecule is O=C1CCN(C(=O)[C@@H]2OCO[C@H]2C(=O)N[C@@H](Cc2ccc(OCc3c(Cl)cccc3Cl)cc2)C(=O)O)CC1. The second-order valence-corrected chi connectivity index (χ2v) is 9.71. The Hall–Kier alpha value is -3.18. The van der Waals surface area contributed by atoms with Crippen LogP contribution in [0.4, 0.5) is 0 Å². The number of ketones is 1. The van der Waals surface area contributed by atoms with Gasteiger partial charge in [-0.15, -0.1) is 0 Å². The van der Waals surface area contributed by atoms with E-state index in [1.54, 1.807) is 42.5 Å². The summed E-state index contributed by atoms with van der Waals surface area (Å²) in [7, 11) is 0. The number of piperidine rings is 1. The van der Waals surface area contributed by atoms with Crippen molar-refractivity contribution in [2.24, 2.45) is 0 Å². The van der Waals surface area contributed by atoms with Gasteiger partial charge in [-0.05, 0) is 29.8 Å². The van der Waals surface area contributed by atoms with Crippen LogP contribution < -0.4 is 10.1 Å². The average molecular weight is 565 g/mol. The van der Waals surface area contributed by atoms with Gasteiger partial charge in [0.25, 0.3) is 11.8 Å². The molecule has 0 bridgehead atoms. The number of carboxylic acids is 1. The highest BCUT2D eigenvalue weighted by molar-refractivity contribution is 6.35. The van der Waals surface area contributed by atoms with Crippen LogP contribution in [0, 0.1) is 0 Å². The maximum Gasteiger partial charge on any atom is 0.326 e. The van der Waals surface area contributed by atoms with E-state index in [1.807, 2.05) is 0 Å². The van der Waals surface area contributed by atoms with E-state index >= 15 is 0 Å². The zero-order valence-corrected chi connectivity index (χ0v) is 21.7. The van der Waals surface area contributed by atoms with Gasteiger partial charge < -0.3 is 29.5 Å². The van der Waals surface area contributed by atoms with Crippen molar-refractivity contribution >= 4 is 46.8 Å². The molecule has 2 aliphatic heterocycles. The summed E-state index contributed by atoms with van der Waals surface area (Å²) in [5.41, 5.74) is 1.28. The molecule has 4 rings (SSSR count). The Morgan fingerprint density at radius 3 is 2.29 bits per heavy atom. The van der Waals surface area contributed by atoms with Crippen LogP contribution in [0.15, 0.2) is 42.5 Å². The summed E-state index contributed by atoms with van der Waals surface area (Å²) in [4.78, 5) is 50.5.